The molecule has 1 aromatic carbocycles. The van der Waals surface area contributed by atoms with Crippen molar-refractivity contribution in [2.45, 2.75) is 18.9 Å². The summed E-state index contributed by atoms with van der Waals surface area (Å²) < 4.78 is 0. The summed E-state index contributed by atoms with van der Waals surface area (Å²) >= 11 is 5.98. The average Bonchev–Trinajstić information content (AvgIpc) is 3.23. The number of carbonyl (C=O) groups is 1. The second-order valence-electron chi connectivity index (χ2n) is 4.98. The molecule has 2 rings (SSSR count). The molecule has 0 aromatic heterocycles. The van der Waals surface area contributed by atoms with Gasteiger partial charge in [-0.2, -0.15) is 0 Å². The van der Waals surface area contributed by atoms with Crippen molar-refractivity contribution in [3.8, 4) is 0 Å². The highest BCUT2D eigenvalue weighted by atomic mass is 35.5. The van der Waals surface area contributed by atoms with E-state index in [0.717, 1.165) is 12.8 Å². The Hall–Kier alpha value is -1.66. The molecule has 1 aromatic rings. The third kappa shape index (κ3) is 2.91. The summed E-state index contributed by atoms with van der Waals surface area (Å²) in [5, 5.41) is 11.0. The van der Waals surface area contributed by atoms with E-state index in [4.69, 9.17) is 17.3 Å². The number of rotatable bonds is 5. The van der Waals surface area contributed by atoms with E-state index in [1.165, 1.54) is 18.2 Å². The Kier molecular flexibility index (Phi) is 4.25. The molecule has 0 aliphatic heterocycles. The van der Waals surface area contributed by atoms with Crippen LogP contribution >= 0.6 is 11.6 Å². The van der Waals surface area contributed by atoms with Gasteiger partial charge < -0.3 is 10.6 Å². The summed E-state index contributed by atoms with van der Waals surface area (Å²) in [6.45, 7) is 0.374. The van der Waals surface area contributed by atoms with Crippen molar-refractivity contribution < 1.29 is 9.72 Å². The van der Waals surface area contributed by atoms with E-state index >= 15 is 0 Å². The molecule has 1 fully saturated rings. The fraction of sp³-hybridized carbons (Fsp3) is 0.462. The number of nitro benzene ring substituents is 1. The molecular weight excluding hydrogens is 282 g/mol. The zero-order valence-electron chi connectivity index (χ0n) is 11.1. The predicted octanol–water partition coefficient (Wildman–Crippen LogP) is 2.06. The molecule has 6 nitrogen and oxygen atoms in total. The van der Waals surface area contributed by atoms with Gasteiger partial charge in [-0.1, -0.05) is 11.6 Å². The molecule has 108 valence electrons. The number of likely N-dealkylation sites (N-methyl/N-ethyl adjacent to an activating group) is 1. The van der Waals surface area contributed by atoms with E-state index in [2.05, 4.69) is 0 Å². The molecule has 0 radical (unpaired) electrons. The molecule has 0 heterocycles. The van der Waals surface area contributed by atoms with E-state index < -0.39 is 4.92 Å². The SMILES string of the molecule is CN(C(=O)c1cc([N+](=O)[O-])ccc1Cl)C(CN)C1CC1. The maximum Gasteiger partial charge on any atom is 0.270 e. The number of benzene rings is 1. The highest BCUT2D eigenvalue weighted by Crippen LogP contribution is 2.35. The lowest BCUT2D eigenvalue weighted by Crippen LogP contribution is -2.43. The molecule has 1 aliphatic rings. The Morgan fingerprint density at radius 3 is 2.75 bits per heavy atom. The van der Waals surface area contributed by atoms with Crippen LogP contribution in [0.2, 0.25) is 5.02 Å². The molecule has 20 heavy (non-hydrogen) atoms. The number of nitrogens with zero attached hydrogens (tertiary/aromatic N) is 2. The molecule has 1 unspecified atom stereocenters. The fourth-order valence-corrected chi connectivity index (χ4v) is 2.48. The predicted molar refractivity (Wildman–Crippen MR) is 75.8 cm³/mol. The maximum atomic E-state index is 12.4. The summed E-state index contributed by atoms with van der Waals surface area (Å²) in [5.74, 6) is 0.0903. The minimum Gasteiger partial charge on any atom is -0.337 e. The van der Waals surface area contributed by atoms with Gasteiger partial charge in [0.05, 0.1) is 15.5 Å². The number of halogens is 1. The number of carbonyl (C=O) groups excluding carboxylic acids is 1. The zero-order chi connectivity index (χ0) is 14.9. The molecule has 0 saturated heterocycles. The van der Waals surface area contributed by atoms with E-state index in [-0.39, 0.29) is 28.2 Å². The van der Waals surface area contributed by atoms with Crippen molar-refractivity contribution >= 4 is 23.2 Å². The summed E-state index contributed by atoms with van der Waals surface area (Å²) in [6.07, 6.45) is 2.12. The molecule has 2 N–H and O–H groups in total. The van der Waals surface area contributed by atoms with Crippen LogP contribution in [0.15, 0.2) is 18.2 Å². The van der Waals surface area contributed by atoms with E-state index in [1.807, 2.05) is 0 Å². The number of hydrogen-bond acceptors (Lipinski definition) is 4. The lowest BCUT2D eigenvalue weighted by Gasteiger charge is -2.27. The number of nitro groups is 1. The summed E-state index contributed by atoms with van der Waals surface area (Å²) in [6, 6.07) is 3.81. The van der Waals surface area contributed by atoms with Crippen LogP contribution in [-0.2, 0) is 0 Å². The van der Waals surface area contributed by atoms with Crippen LogP contribution in [0.3, 0.4) is 0 Å². The molecule has 1 amide bonds. The van der Waals surface area contributed by atoms with Crippen molar-refractivity contribution in [2.75, 3.05) is 13.6 Å². The number of nitrogens with two attached hydrogens (primary N) is 1. The Morgan fingerprint density at radius 2 is 2.25 bits per heavy atom. The smallest absolute Gasteiger partial charge is 0.270 e. The minimum absolute atomic E-state index is 0.0437. The van der Waals surface area contributed by atoms with Crippen molar-refractivity contribution in [1.82, 2.24) is 4.90 Å². The van der Waals surface area contributed by atoms with Gasteiger partial charge in [-0.25, -0.2) is 0 Å². The van der Waals surface area contributed by atoms with Crippen LogP contribution in [0, 0.1) is 16.0 Å². The fourth-order valence-electron chi connectivity index (χ4n) is 2.28. The van der Waals surface area contributed by atoms with E-state index in [0.29, 0.717) is 12.5 Å². The first kappa shape index (κ1) is 14.7. The molecule has 7 heteroatoms. The van der Waals surface area contributed by atoms with Crippen molar-refractivity contribution in [2.24, 2.45) is 11.7 Å². The Bertz CT molecular complexity index is 546. The van der Waals surface area contributed by atoms with Gasteiger partial charge in [-0.15, -0.1) is 0 Å². The lowest BCUT2D eigenvalue weighted by atomic mass is 10.1. The standard InChI is InChI=1S/C13H16ClN3O3/c1-16(12(7-15)8-2-3-8)13(18)10-6-9(17(19)20)4-5-11(10)14/h4-6,8,12H,2-3,7,15H2,1H3. The Morgan fingerprint density at radius 1 is 1.60 bits per heavy atom. The van der Waals surface area contributed by atoms with Gasteiger partial charge >= 0.3 is 0 Å². The van der Waals surface area contributed by atoms with E-state index in [1.54, 1.807) is 11.9 Å². The highest BCUT2D eigenvalue weighted by molar-refractivity contribution is 6.33. The van der Waals surface area contributed by atoms with Gasteiger partial charge in [0.15, 0.2) is 0 Å². The monoisotopic (exact) mass is 297 g/mol. The number of hydrogen-bond donors (Lipinski definition) is 1. The summed E-state index contributed by atoms with van der Waals surface area (Å²) in [7, 11) is 1.66. The topological polar surface area (TPSA) is 89.5 Å². The van der Waals surface area contributed by atoms with Gasteiger partial charge in [0.2, 0.25) is 0 Å². The lowest BCUT2D eigenvalue weighted by molar-refractivity contribution is -0.384. The Balaban J connectivity index is 2.27. The first-order chi connectivity index (χ1) is 9.45. The van der Waals surface area contributed by atoms with Gasteiger partial charge in [0.1, 0.15) is 0 Å². The zero-order valence-corrected chi connectivity index (χ0v) is 11.8. The Labute approximate surface area is 121 Å². The van der Waals surface area contributed by atoms with Gasteiger partial charge in [-0.05, 0) is 24.8 Å². The normalized spacial score (nSPS) is 15.8. The van der Waals surface area contributed by atoms with Crippen LogP contribution in [0.25, 0.3) is 0 Å². The number of non-ortho nitro benzene ring substituents is 1. The van der Waals surface area contributed by atoms with Crippen LogP contribution in [0.4, 0.5) is 5.69 Å². The quantitative estimate of drug-likeness (QED) is 0.665. The molecule has 1 aliphatic carbocycles. The highest BCUT2D eigenvalue weighted by Gasteiger charge is 2.35. The van der Waals surface area contributed by atoms with Crippen LogP contribution in [0.5, 0.6) is 0 Å². The molecule has 0 spiro atoms. The van der Waals surface area contributed by atoms with Crippen LogP contribution < -0.4 is 5.73 Å². The van der Waals surface area contributed by atoms with Gasteiger partial charge in [-0.3, -0.25) is 14.9 Å². The molecule has 1 saturated carbocycles. The molecular formula is C13H16ClN3O3. The maximum absolute atomic E-state index is 12.4. The first-order valence-corrected chi connectivity index (χ1v) is 6.74. The third-order valence-corrected chi connectivity index (χ3v) is 3.95. The van der Waals surface area contributed by atoms with E-state index in [9.17, 15) is 14.9 Å². The third-order valence-electron chi connectivity index (χ3n) is 3.62. The second-order valence-corrected chi connectivity index (χ2v) is 5.38. The summed E-state index contributed by atoms with van der Waals surface area (Å²) in [5.41, 5.74) is 5.70. The van der Waals surface area contributed by atoms with Crippen molar-refractivity contribution in [3.63, 3.8) is 0 Å². The van der Waals surface area contributed by atoms with Crippen LogP contribution in [0.1, 0.15) is 23.2 Å². The second kappa shape index (κ2) is 5.76. The largest absolute Gasteiger partial charge is 0.337 e. The van der Waals surface area contributed by atoms with Crippen LogP contribution in [-0.4, -0.2) is 35.4 Å². The summed E-state index contributed by atoms with van der Waals surface area (Å²) in [4.78, 5) is 24.2. The first-order valence-electron chi connectivity index (χ1n) is 6.37. The molecule has 0 bridgehead atoms. The van der Waals surface area contributed by atoms with Crippen molar-refractivity contribution in [1.29, 1.82) is 0 Å². The van der Waals surface area contributed by atoms with Crippen molar-refractivity contribution in [3.05, 3.63) is 38.9 Å². The molecule has 1 atom stereocenters. The minimum atomic E-state index is -0.547. The van der Waals surface area contributed by atoms with Gasteiger partial charge in [0, 0.05) is 31.8 Å². The number of amides is 1. The average molecular weight is 298 g/mol. The van der Waals surface area contributed by atoms with Gasteiger partial charge in [0.25, 0.3) is 11.6 Å².